The van der Waals surface area contributed by atoms with E-state index in [-0.39, 0.29) is 0 Å². The molecule has 0 heterocycles. The quantitative estimate of drug-likeness (QED) is 0.584. The van der Waals surface area contributed by atoms with E-state index >= 15 is 0 Å². The first-order valence-corrected chi connectivity index (χ1v) is 5.74. The highest BCUT2D eigenvalue weighted by Gasteiger charge is 2.11. The summed E-state index contributed by atoms with van der Waals surface area (Å²) in [5.74, 6) is 0. The third-order valence-corrected chi connectivity index (χ3v) is 2.69. The average molecular weight is 186 g/mol. The molecular weight excluding hydrogens is 160 g/mol. The first kappa shape index (κ1) is 12.9. The van der Waals surface area contributed by atoms with Gasteiger partial charge < -0.3 is 5.32 Å². The second-order valence-corrected chi connectivity index (χ2v) is 3.45. The van der Waals surface area contributed by atoms with Crippen LogP contribution in [0.15, 0.2) is 0 Å². The topological polar surface area (TPSA) is 15.3 Å². The third-order valence-electron chi connectivity index (χ3n) is 2.69. The molecule has 0 aliphatic rings. The number of hydrogen-bond donors (Lipinski definition) is 1. The summed E-state index contributed by atoms with van der Waals surface area (Å²) in [6.45, 7) is 13.6. The van der Waals surface area contributed by atoms with E-state index in [1.54, 1.807) is 0 Å². The maximum Gasteiger partial charge on any atom is 0.0110 e. The van der Waals surface area contributed by atoms with Crippen LogP contribution in [0.4, 0.5) is 0 Å². The predicted octanol–water partition coefficient (Wildman–Crippen LogP) is 2.11. The van der Waals surface area contributed by atoms with Gasteiger partial charge in [0.15, 0.2) is 0 Å². The number of nitrogens with one attached hydrogen (secondary N) is 1. The molecule has 0 aliphatic carbocycles. The van der Waals surface area contributed by atoms with Crippen molar-refractivity contribution >= 4 is 0 Å². The van der Waals surface area contributed by atoms with Crippen LogP contribution in [0.5, 0.6) is 0 Å². The Kier molecular flexibility index (Phi) is 8.46. The molecule has 0 aromatic carbocycles. The predicted molar refractivity (Wildman–Crippen MR) is 60.2 cm³/mol. The van der Waals surface area contributed by atoms with Gasteiger partial charge in [-0.25, -0.2) is 0 Å². The Morgan fingerprint density at radius 2 is 1.69 bits per heavy atom. The zero-order valence-electron chi connectivity index (χ0n) is 9.77. The minimum absolute atomic E-state index is 0.781. The molecule has 13 heavy (non-hydrogen) atoms. The average Bonchev–Trinajstić information content (AvgIpc) is 2.17. The lowest BCUT2D eigenvalue weighted by Gasteiger charge is -2.29. The Balaban J connectivity index is 3.71. The Morgan fingerprint density at radius 3 is 2.08 bits per heavy atom. The van der Waals surface area contributed by atoms with Crippen molar-refractivity contribution < 1.29 is 0 Å². The number of likely N-dealkylation sites (N-methyl/N-ethyl adjacent to an activating group) is 2. The molecule has 0 spiro atoms. The third kappa shape index (κ3) is 5.27. The van der Waals surface area contributed by atoms with Crippen molar-refractivity contribution in [2.75, 3.05) is 26.2 Å². The van der Waals surface area contributed by atoms with Gasteiger partial charge in [-0.3, -0.25) is 4.90 Å². The Bertz CT molecular complexity index is 100. The highest BCUT2D eigenvalue weighted by Crippen LogP contribution is 2.06. The lowest BCUT2D eigenvalue weighted by molar-refractivity contribution is 0.196. The molecule has 0 unspecified atom stereocenters. The fourth-order valence-corrected chi connectivity index (χ4v) is 1.80. The Labute approximate surface area is 83.7 Å². The van der Waals surface area contributed by atoms with Gasteiger partial charge in [-0.2, -0.15) is 0 Å². The van der Waals surface area contributed by atoms with Crippen LogP contribution in [0.25, 0.3) is 0 Å². The van der Waals surface area contributed by atoms with Crippen molar-refractivity contribution in [1.29, 1.82) is 0 Å². The van der Waals surface area contributed by atoms with E-state index in [9.17, 15) is 0 Å². The van der Waals surface area contributed by atoms with Gasteiger partial charge in [-0.15, -0.1) is 0 Å². The summed E-state index contributed by atoms with van der Waals surface area (Å²) in [5, 5.41) is 3.37. The van der Waals surface area contributed by atoms with E-state index in [4.69, 9.17) is 0 Å². The summed E-state index contributed by atoms with van der Waals surface area (Å²) < 4.78 is 0. The normalized spacial score (nSPS) is 11.5. The molecule has 0 atom stereocenters. The van der Waals surface area contributed by atoms with Crippen molar-refractivity contribution in [3.05, 3.63) is 0 Å². The maximum absolute atomic E-state index is 3.37. The van der Waals surface area contributed by atoms with Crippen LogP contribution < -0.4 is 5.32 Å². The zero-order chi connectivity index (χ0) is 10.1. The molecule has 1 N–H and O–H groups in total. The van der Waals surface area contributed by atoms with Gasteiger partial charge in [0.2, 0.25) is 0 Å². The monoisotopic (exact) mass is 186 g/mol. The van der Waals surface area contributed by atoms with Gasteiger partial charge in [0.1, 0.15) is 0 Å². The zero-order valence-corrected chi connectivity index (χ0v) is 9.77. The van der Waals surface area contributed by atoms with Gasteiger partial charge in [-0.1, -0.05) is 27.7 Å². The summed E-state index contributed by atoms with van der Waals surface area (Å²) in [7, 11) is 0. The molecule has 0 aromatic heterocycles. The van der Waals surface area contributed by atoms with Gasteiger partial charge in [0, 0.05) is 19.1 Å². The molecule has 0 aromatic rings. The van der Waals surface area contributed by atoms with Gasteiger partial charge in [0.25, 0.3) is 0 Å². The molecule has 80 valence electrons. The van der Waals surface area contributed by atoms with Crippen LogP contribution in [-0.4, -0.2) is 37.1 Å². The number of hydrogen-bond acceptors (Lipinski definition) is 2. The number of nitrogens with zero attached hydrogens (tertiary/aromatic N) is 1. The van der Waals surface area contributed by atoms with E-state index in [1.807, 2.05) is 0 Å². The molecule has 2 nitrogen and oxygen atoms in total. The van der Waals surface area contributed by atoms with Gasteiger partial charge in [-0.05, 0) is 25.9 Å². The SMILES string of the molecule is CCNCCN(CC)C(CC)CC. The first-order valence-electron chi connectivity index (χ1n) is 5.74. The highest BCUT2D eigenvalue weighted by atomic mass is 15.2. The Morgan fingerprint density at radius 1 is 1.08 bits per heavy atom. The van der Waals surface area contributed by atoms with Crippen LogP contribution >= 0.6 is 0 Å². The summed E-state index contributed by atoms with van der Waals surface area (Å²) in [4.78, 5) is 2.57. The molecule has 0 amide bonds. The Hall–Kier alpha value is -0.0800. The van der Waals surface area contributed by atoms with Crippen molar-refractivity contribution in [2.45, 2.75) is 46.6 Å². The molecule has 0 fully saturated rings. The molecule has 0 aliphatic heterocycles. The highest BCUT2D eigenvalue weighted by molar-refractivity contribution is 4.68. The van der Waals surface area contributed by atoms with E-state index in [1.165, 1.54) is 25.9 Å². The summed E-state index contributed by atoms with van der Waals surface area (Å²) in [6.07, 6.45) is 2.55. The van der Waals surface area contributed by atoms with Gasteiger partial charge in [0.05, 0.1) is 0 Å². The molecule has 2 heteroatoms. The molecular formula is C11H26N2. The van der Waals surface area contributed by atoms with Crippen molar-refractivity contribution in [2.24, 2.45) is 0 Å². The van der Waals surface area contributed by atoms with Crippen LogP contribution in [0.1, 0.15) is 40.5 Å². The first-order chi connectivity index (χ1) is 6.29. The molecule has 0 saturated heterocycles. The fraction of sp³-hybridized carbons (Fsp3) is 1.00. The second-order valence-electron chi connectivity index (χ2n) is 3.45. The lowest BCUT2D eigenvalue weighted by Crippen LogP contribution is -2.39. The number of rotatable bonds is 8. The van der Waals surface area contributed by atoms with Gasteiger partial charge >= 0.3 is 0 Å². The lowest BCUT2D eigenvalue weighted by atomic mass is 10.1. The van der Waals surface area contributed by atoms with Crippen LogP contribution in [-0.2, 0) is 0 Å². The molecule has 0 rings (SSSR count). The standard InChI is InChI=1S/C11H26N2/c1-5-11(6-2)13(8-4)10-9-12-7-3/h11-12H,5-10H2,1-4H3. The summed E-state index contributed by atoms with van der Waals surface area (Å²) in [6, 6.07) is 0.781. The maximum atomic E-state index is 3.37. The minimum Gasteiger partial charge on any atom is -0.316 e. The molecule has 0 radical (unpaired) electrons. The summed E-state index contributed by atoms with van der Waals surface area (Å²) >= 11 is 0. The van der Waals surface area contributed by atoms with Crippen LogP contribution in [0.2, 0.25) is 0 Å². The molecule has 0 saturated carbocycles. The van der Waals surface area contributed by atoms with Crippen LogP contribution in [0.3, 0.4) is 0 Å². The van der Waals surface area contributed by atoms with Crippen molar-refractivity contribution in [3.8, 4) is 0 Å². The largest absolute Gasteiger partial charge is 0.316 e. The van der Waals surface area contributed by atoms with Crippen LogP contribution in [0, 0.1) is 0 Å². The molecule has 0 bridgehead atoms. The van der Waals surface area contributed by atoms with E-state index in [2.05, 4.69) is 37.9 Å². The summed E-state index contributed by atoms with van der Waals surface area (Å²) in [5.41, 5.74) is 0. The van der Waals surface area contributed by atoms with E-state index in [0.717, 1.165) is 19.1 Å². The van der Waals surface area contributed by atoms with E-state index in [0.29, 0.717) is 0 Å². The van der Waals surface area contributed by atoms with Crippen molar-refractivity contribution in [1.82, 2.24) is 10.2 Å². The van der Waals surface area contributed by atoms with E-state index < -0.39 is 0 Å². The second kappa shape index (κ2) is 8.52. The fourth-order valence-electron chi connectivity index (χ4n) is 1.80. The van der Waals surface area contributed by atoms with Crippen molar-refractivity contribution in [3.63, 3.8) is 0 Å². The minimum atomic E-state index is 0.781. The smallest absolute Gasteiger partial charge is 0.0110 e.